The molecule has 0 fully saturated rings. The van der Waals surface area contributed by atoms with Crippen LogP contribution in [0.15, 0.2) is 4.52 Å². The Morgan fingerprint density at radius 3 is 2.79 bits per heavy atom. The van der Waals surface area contributed by atoms with E-state index in [1.165, 1.54) is 4.90 Å². The molecule has 0 saturated carbocycles. The lowest BCUT2D eigenvalue weighted by molar-refractivity contribution is 0.0728. The highest BCUT2D eigenvalue weighted by Gasteiger charge is 2.22. The molecule has 1 amide bonds. The molecule has 2 rings (SSSR count). The molecule has 0 saturated heterocycles. The number of halogens is 1. The lowest BCUT2D eigenvalue weighted by atomic mass is 10.3. The molecule has 2 aromatic heterocycles. The van der Waals surface area contributed by atoms with E-state index in [4.69, 9.17) is 21.9 Å². The van der Waals surface area contributed by atoms with Crippen molar-refractivity contribution in [2.75, 3.05) is 12.3 Å². The van der Waals surface area contributed by atoms with Crippen molar-refractivity contribution in [2.45, 2.75) is 20.4 Å². The van der Waals surface area contributed by atoms with Crippen LogP contribution in [0.2, 0.25) is 5.02 Å². The van der Waals surface area contributed by atoms with Gasteiger partial charge in [0.1, 0.15) is 17.3 Å². The van der Waals surface area contributed by atoms with Gasteiger partial charge in [-0.3, -0.25) is 9.89 Å². The van der Waals surface area contributed by atoms with Gasteiger partial charge in [-0.2, -0.15) is 10.1 Å². The Hall–Kier alpha value is -2.09. The van der Waals surface area contributed by atoms with Crippen LogP contribution < -0.4 is 5.73 Å². The SMILES string of the molecule is CCN(Cc1nc(C)no1)C(=O)c1[nH]nc(N)c1Cl. The average molecular weight is 285 g/mol. The number of carbonyl (C=O) groups is 1. The van der Waals surface area contributed by atoms with Gasteiger partial charge in [0.2, 0.25) is 5.89 Å². The minimum atomic E-state index is -0.326. The number of nitrogen functional groups attached to an aromatic ring is 1. The second-order valence-corrected chi connectivity index (χ2v) is 4.23. The molecule has 0 bridgehead atoms. The van der Waals surface area contributed by atoms with Gasteiger partial charge in [-0.15, -0.1) is 0 Å². The number of aryl methyl sites for hydroxylation is 1. The summed E-state index contributed by atoms with van der Waals surface area (Å²) in [5, 5.41) is 9.98. The van der Waals surface area contributed by atoms with Crippen LogP contribution in [0.4, 0.5) is 5.82 Å². The van der Waals surface area contributed by atoms with Gasteiger partial charge in [-0.05, 0) is 13.8 Å². The predicted octanol–water partition coefficient (Wildman–Crippen LogP) is 0.999. The van der Waals surface area contributed by atoms with Crippen molar-refractivity contribution in [3.8, 4) is 0 Å². The summed E-state index contributed by atoms with van der Waals surface area (Å²) in [6.45, 7) is 4.19. The maximum atomic E-state index is 12.2. The summed E-state index contributed by atoms with van der Waals surface area (Å²) in [6, 6.07) is 0. The van der Waals surface area contributed by atoms with Gasteiger partial charge in [-0.25, -0.2) is 0 Å². The number of anilines is 1. The van der Waals surface area contributed by atoms with E-state index in [0.29, 0.717) is 18.3 Å². The molecule has 0 aromatic carbocycles. The fraction of sp³-hybridized carbons (Fsp3) is 0.400. The first-order valence-corrected chi connectivity index (χ1v) is 5.98. The molecule has 0 spiro atoms. The number of aromatic nitrogens is 4. The molecular weight excluding hydrogens is 272 g/mol. The first-order chi connectivity index (χ1) is 9.02. The van der Waals surface area contributed by atoms with Gasteiger partial charge in [0, 0.05) is 6.54 Å². The van der Waals surface area contributed by atoms with Crippen LogP contribution in [-0.2, 0) is 6.54 Å². The van der Waals surface area contributed by atoms with Crippen molar-refractivity contribution in [1.82, 2.24) is 25.2 Å². The standard InChI is InChI=1S/C10H13ClN6O2/c1-3-17(4-6-13-5(2)16-19-6)10(18)8-7(11)9(12)15-14-8/h3-4H2,1-2H3,(H3,12,14,15). The molecule has 0 aliphatic rings. The van der Waals surface area contributed by atoms with Crippen molar-refractivity contribution >= 4 is 23.3 Å². The summed E-state index contributed by atoms with van der Waals surface area (Å²) in [4.78, 5) is 17.8. The molecular formula is C10H13ClN6O2. The third-order valence-electron chi connectivity index (χ3n) is 2.51. The minimum absolute atomic E-state index is 0.0923. The zero-order chi connectivity index (χ0) is 14.0. The number of nitrogens with one attached hydrogen (secondary N) is 1. The van der Waals surface area contributed by atoms with Crippen LogP contribution in [0.25, 0.3) is 0 Å². The molecule has 0 aliphatic heterocycles. The Morgan fingerprint density at radius 1 is 1.58 bits per heavy atom. The second-order valence-electron chi connectivity index (χ2n) is 3.85. The summed E-state index contributed by atoms with van der Waals surface area (Å²) in [5.74, 6) is 0.640. The third kappa shape index (κ3) is 2.68. The molecule has 102 valence electrons. The Morgan fingerprint density at radius 2 is 2.32 bits per heavy atom. The highest BCUT2D eigenvalue weighted by molar-refractivity contribution is 6.35. The fourth-order valence-electron chi connectivity index (χ4n) is 1.54. The maximum absolute atomic E-state index is 12.2. The topological polar surface area (TPSA) is 114 Å². The number of nitrogens with two attached hydrogens (primary N) is 1. The van der Waals surface area contributed by atoms with E-state index in [9.17, 15) is 4.79 Å². The lowest BCUT2D eigenvalue weighted by Crippen LogP contribution is -2.31. The van der Waals surface area contributed by atoms with Crippen LogP contribution in [0, 0.1) is 6.92 Å². The molecule has 8 nitrogen and oxygen atoms in total. The van der Waals surface area contributed by atoms with Gasteiger partial charge in [0.05, 0.1) is 0 Å². The first-order valence-electron chi connectivity index (χ1n) is 5.60. The van der Waals surface area contributed by atoms with E-state index in [2.05, 4.69) is 20.3 Å². The highest BCUT2D eigenvalue weighted by atomic mass is 35.5. The second kappa shape index (κ2) is 5.27. The number of hydrogen-bond donors (Lipinski definition) is 2. The van der Waals surface area contributed by atoms with Gasteiger partial charge in [0.15, 0.2) is 11.6 Å². The van der Waals surface area contributed by atoms with Crippen LogP contribution in [0.1, 0.15) is 29.1 Å². The zero-order valence-electron chi connectivity index (χ0n) is 10.5. The van der Waals surface area contributed by atoms with Crippen LogP contribution in [0.3, 0.4) is 0 Å². The van der Waals surface area contributed by atoms with Crippen molar-refractivity contribution in [2.24, 2.45) is 0 Å². The maximum Gasteiger partial charge on any atom is 0.273 e. The van der Waals surface area contributed by atoms with Crippen molar-refractivity contribution in [3.05, 3.63) is 22.4 Å². The summed E-state index contributed by atoms with van der Waals surface area (Å²) < 4.78 is 4.98. The Kier molecular flexibility index (Phi) is 3.70. The summed E-state index contributed by atoms with van der Waals surface area (Å²) in [5.41, 5.74) is 5.64. The number of rotatable bonds is 4. The van der Waals surface area contributed by atoms with Crippen molar-refractivity contribution in [1.29, 1.82) is 0 Å². The molecule has 2 heterocycles. The molecule has 0 radical (unpaired) electrons. The molecule has 3 N–H and O–H groups in total. The van der Waals surface area contributed by atoms with E-state index in [-0.39, 0.29) is 29.0 Å². The number of carbonyl (C=O) groups excluding carboxylic acids is 1. The van der Waals surface area contributed by atoms with Crippen LogP contribution in [-0.4, -0.2) is 37.7 Å². The van der Waals surface area contributed by atoms with E-state index in [0.717, 1.165) is 0 Å². The predicted molar refractivity (Wildman–Crippen MR) is 67.5 cm³/mol. The summed E-state index contributed by atoms with van der Waals surface area (Å²) in [7, 11) is 0. The summed E-state index contributed by atoms with van der Waals surface area (Å²) in [6.07, 6.45) is 0. The summed E-state index contributed by atoms with van der Waals surface area (Å²) >= 11 is 5.89. The van der Waals surface area contributed by atoms with E-state index < -0.39 is 0 Å². The Labute approximate surface area is 113 Å². The third-order valence-corrected chi connectivity index (χ3v) is 2.89. The number of hydrogen-bond acceptors (Lipinski definition) is 6. The average Bonchev–Trinajstić information content (AvgIpc) is 2.94. The highest BCUT2D eigenvalue weighted by Crippen LogP contribution is 2.21. The smallest absolute Gasteiger partial charge is 0.273 e. The number of aromatic amines is 1. The zero-order valence-corrected chi connectivity index (χ0v) is 11.2. The molecule has 0 atom stereocenters. The van der Waals surface area contributed by atoms with E-state index in [1.807, 2.05) is 6.92 Å². The molecule has 0 aliphatic carbocycles. The number of amides is 1. The van der Waals surface area contributed by atoms with E-state index in [1.54, 1.807) is 6.92 Å². The van der Waals surface area contributed by atoms with Gasteiger partial charge >= 0.3 is 0 Å². The molecule has 9 heteroatoms. The number of H-pyrrole nitrogens is 1. The normalized spacial score (nSPS) is 10.7. The quantitative estimate of drug-likeness (QED) is 0.865. The molecule has 0 unspecified atom stereocenters. The fourth-order valence-corrected chi connectivity index (χ4v) is 1.70. The largest absolute Gasteiger partial charge is 0.381 e. The molecule has 19 heavy (non-hydrogen) atoms. The van der Waals surface area contributed by atoms with Crippen LogP contribution >= 0.6 is 11.6 Å². The van der Waals surface area contributed by atoms with Gasteiger partial charge < -0.3 is 15.2 Å². The lowest BCUT2D eigenvalue weighted by Gasteiger charge is -2.17. The van der Waals surface area contributed by atoms with E-state index >= 15 is 0 Å². The number of nitrogens with zero attached hydrogens (tertiary/aromatic N) is 4. The molecule has 2 aromatic rings. The van der Waals surface area contributed by atoms with Gasteiger partial charge in [-0.1, -0.05) is 16.8 Å². The monoisotopic (exact) mass is 284 g/mol. The Balaban J connectivity index is 2.17. The first kappa shape index (κ1) is 13.3. The minimum Gasteiger partial charge on any atom is -0.381 e. The van der Waals surface area contributed by atoms with Crippen LogP contribution in [0.5, 0.6) is 0 Å². The van der Waals surface area contributed by atoms with Crippen molar-refractivity contribution < 1.29 is 9.32 Å². The van der Waals surface area contributed by atoms with Crippen molar-refractivity contribution in [3.63, 3.8) is 0 Å². The Bertz CT molecular complexity index is 593. The van der Waals surface area contributed by atoms with Gasteiger partial charge in [0.25, 0.3) is 5.91 Å².